The molecule has 0 amide bonds. The molecule has 0 N–H and O–H groups in total. The largest absolute Gasteiger partial charge is 0.325 e. The summed E-state index contributed by atoms with van der Waals surface area (Å²) in [5.41, 5.74) is 10.9. The third kappa shape index (κ3) is 6.55. The number of rotatable bonds is 10. The lowest BCUT2D eigenvalue weighted by molar-refractivity contribution is -0.901. The van der Waals surface area contributed by atoms with Crippen LogP contribution in [0.3, 0.4) is 0 Å². The Morgan fingerprint density at radius 3 is 1.07 bits per heavy atom. The maximum absolute atomic E-state index is 2.56. The maximum atomic E-state index is 2.56. The van der Waals surface area contributed by atoms with Gasteiger partial charge in [-0.2, -0.15) is 0 Å². The molecule has 0 spiro atoms. The minimum Gasteiger partial charge on any atom is -0.325 e. The standard InChI is InChI=1S/C40H50N2Si/c1-9-41(3,4)29-31-21-25-35(26-22-31)39-37(33-17-13-11-14-18-33)38(34-19-15-12-16-20-34)40(43(39,7)8)36-27-23-32(24-28-36)30-42(5,6)10-2/h11-28H,9-10,29-30H2,1-8H3/q+2. The molecule has 0 fully saturated rings. The van der Waals surface area contributed by atoms with Crippen molar-refractivity contribution in [2.75, 3.05) is 41.3 Å². The molecule has 0 saturated carbocycles. The Kier molecular flexibility index (Phi) is 8.81. The van der Waals surface area contributed by atoms with E-state index in [1.807, 2.05) is 0 Å². The van der Waals surface area contributed by atoms with Crippen molar-refractivity contribution in [2.45, 2.75) is 40.0 Å². The molecule has 0 aliphatic carbocycles. The SMILES string of the molecule is CC[N+](C)(C)Cc1ccc(C2=C(c3ccccc3)C(c3ccccc3)=C(c3ccc(C[N+](C)(C)CC)cc3)[Si]2(C)C)cc1. The van der Waals surface area contributed by atoms with Crippen molar-refractivity contribution in [1.82, 2.24) is 0 Å². The van der Waals surface area contributed by atoms with E-state index in [0.717, 1.165) is 35.1 Å². The molecule has 1 heterocycles. The summed E-state index contributed by atoms with van der Waals surface area (Å²) < 4.78 is 1.98. The molecule has 0 aromatic heterocycles. The molecular weight excluding hydrogens is 537 g/mol. The molecule has 1 aliphatic rings. The van der Waals surface area contributed by atoms with E-state index in [1.54, 1.807) is 0 Å². The summed E-state index contributed by atoms with van der Waals surface area (Å²) in [7, 11) is 7.09. The van der Waals surface area contributed by atoms with E-state index in [1.165, 1.54) is 54.9 Å². The zero-order chi connectivity index (χ0) is 30.8. The molecular formula is C40H50N2Si+2. The van der Waals surface area contributed by atoms with Crippen molar-refractivity contribution < 1.29 is 8.97 Å². The van der Waals surface area contributed by atoms with Crippen LogP contribution in [0.15, 0.2) is 109 Å². The van der Waals surface area contributed by atoms with Crippen LogP contribution < -0.4 is 0 Å². The quantitative estimate of drug-likeness (QED) is 0.128. The summed E-state index contributed by atoms with van der Waals surface area (Å²) in [5.74, 6) is 0. The van der Waals surface area contributed by atoms with Gasteiger partial charge in [0.2, 0.25) is 0 Å². The Hall–Kier alpha value is -3.50. The van der Waals surface area contributed by atoms with E-state index < -0.39 is 8.07 Å². The molecule has 4 aromatic rings. The topological polar surface area (TPSA) is 0 Å². The van der Waals surface area contributed by atoms with Gasteiger partial charge in [-0.25, -0.2) is 0 Å². The van der Waals surface area contributed by atoms with Crippen LogP contribution in [-0.4, -0.2) is 58.3 Å². The second-order valence-corrected chi connectivity index (χ2v) is 18.3. The Balaban J connectivity index is 1.71. The maximum Gasteiger partial charge on any atom is 0.115 e. The minimum atomic E-state index is -2.16. The zero-order valence-electron chi connectivity index (χ0n) is 27.6. The van der Waals surface area contributed by atoms with Gasteiger partial charge in [-0.3, -0.25) is 0 Å². The summed E-state index contributed by atoms with van der Waals surface area (Å²) in [6, 6.07) is 41.3. The summed E-state index contributed by atoms with van der Waals surface area (Å²) in [4.78, 5) is 0. The summed E-state index contributed by atoms with van der Waals surface area (Å²) in [5, 5.41) is 3.08. The highest BCUT2D eigenvalue weighted by atomic mass is 28.3. The van der Waals surface area contributed by atoms with Crippen LogP contribution in [0.1, 0.15) is 47.2 Å². The van der Waals surface area contributed by atoms with Crippen molar-refractivity contribution in [3.63, 3.8) is 0 Å². The zero-order valence-corrected chi connectivity index (χ0v) is 28.6. The average molecular weight is 587 g/mol. The molecule has 0 unspecified atom stereocenters. The van der Waals surface area contributed by atoms with Crippen molar-refractivity contribution in [3.05, 3.63) is 143 Å². The first-order valence-corrected chi connectivity index (χ1v) is 18.9. The van der Waals surface area contributed by atoms with Gasteiger partial charge in [0.1, 0.15) is 21.2 Å². The molecule has 43 heavy (non-hydrogen) atoms. The first kappa shape index (κ1) is 30.9. The van der Waals surface area contributed by atoms with E-state index in [0.29, 0.717) is 0 Å². The fourth-order valence-electron chi connectivity index (χ4n) is 6.56. The molecule has 0 bridgehead atoms. The van der Waals surface area contributed by atoms with Crippen LogP contribution in [0.4, 0.5) is 0 Å². The molecule has 0 saturated heterocycles. The van der Waals surface area contributed by atoms with Gasteiger partial charge in [-0.05, 0) is 57.6 Å². The van der Waals surface area contributed by atoms with Crippen molar-refractivity contribution in [1.29, 1.82) is 0 Å². The normalized spacial score (nSPS) is 15.3. The Morgan fingerprint density at radius 1 is 0.442 bits per heavy atom. The number of hydrogen-bond donors (Lipinski definition) is 0. The molecule has 222 valence electrons. The highest BCUT2D eigenvalue weighted by Crippen LogP contribution is 2.55. The minimum absolute atomic E-state index is 0.992. The van der Waals surface area contributed by atoms with E-state index in [9.17, 15) is 0 Å². The van der Waals surface area contributed by atoms with Gasteiger partial charge in [0.05, 0.1) is 41.3 Å². The molecule has 5 rings (SSSR count). The predicted molar refractivity (Wildman–Crippen MR) is 190 cm³/mol. The number of hydrogen-bond acceptors (Lipinski definition) is 0. The monoisotopic (exact) mass is 586 g/mol. The number of quaternary nitrogens is 2. The summed E-state index contributed by atoms with van der Waals surface area (Å²) in [6.45, 7) is 14.0. The van der Waals surface area contributed by atoms with Gasteiger partial charge in [0.15, 0.2) is 0 Å². The van der Waals surface area contributed by atoms with E-state index in [2.05, 4.69) is 164 Å². The lowest BCUT2D eigenvalue weighted by Crippen LogP contribution is -2.38. The first-order chi connectivity index (χ1) is 20.5. The van der Waals surface area contributed by atoms with E-state index in [-0.39, 0.29) is 0 Å². The van der Waals surface area contributed by atoms with Gasteiger partial charge >= 0.3 is 0 Å². The molecule has 0 atom stereocenters. The second kappa shape index (κ2) is 12.2. The van der Waals surface area contributed by atoms with Gasteiger partial charge in [-0.1, -0.05) is 122 Å². The van der Waals surface area contributed by atoms with Crippen LogP contribution in [0.5, 0.6) is 0 Å². The van der Waals surface area contributed by atoms with Crippen LogP contribution in [0.2, 0.25) is 13.1 Å². The second-order valence-electron chi connectivity index (χ2n) is 14.1. The highest BCUT2D eigenvalue weighted by Gasteiger charge is 2.43. The van der Waals surface area contributed by atoms with Crippen LogP contribution in [0.25, 0.3) is 21.5 Å². The summed E-state index contributed by atoms with van der Waals surface area (Å²) >= 11 is 0. The van der Waals surface area contributed by atoms with Crippen LogP contribution in [-0.2, 0) is 13.1 Å². The van der Waals surface area contributed by atoms with E-state index >= 15 is 0 Å². The first-order valence-electron chi connectivity index (χ1n) is 15.9. The lowest BCUT2D eigenvalue weighted by atomic mass is 9.89. The molecule has 1 aliphatic heterocycles. The van der Waals surface area contributed by atoms with E-state index in [4.69, 9.17) is 0 Å². The lowest BCUT2D eigenvalue weighted by Gasteiger charge is -2.29. The number of allylic oxidation sites excluding steroid dienone is 2. The van der Waals surface area contributed by atoms with Gasteiger partial charge in [0, 0.05) is 11.1 Å². The smallest absolute Gasteiger partial charge is 0.115 e. The average Bonchev–Trinajstić information content (AvgIpc) is 3.25. The number of benzene rings is 4. The highest BCUT2D eigenvalue weighted by molar-refractivity contribution is 7.13. The fourth-order valence-corrected chi connectivity index (χ4v) is 10.4. The van der Waals surface area contributed by atoms with Crippen LogP contribution >= 0.6 is 0 Å². The van der Waals surface area contributed by atoms with Crippen LogP contribution in [0, 0.1) is 0 Å². The summed E-state index contributed by atoms with van der Waals surface area (Å²) in [6.07, 6.45) is 0. The molecule has 0 radical (unpaired) electrons. The van der Waals surface area contributed by atoms with Crippen molar-refractivity contribution in [2.24, 2.45) is 0 Å². The molecule has 3 heteroatoms. The Morgan fingerprint density at radius 2 is 0.767 bits per heavy atom. The van der Waals surface area contributed by atoms with Gasteiger partial charge < -0.3 is 8.97 Å². The molecule has 4 aromatic carbocycles. The van der Waals surface area contributed by atoms with Gasteiger partial charge in [-0.15, -0.1) is 0 Å². The third-order valence-electron chi connectivity index (χ3n) is 9.54. The van der Waals surface area contributed by atoms with Crippen molar-refractivity contribution in [3.8, 4) is 0 Å². The molecule has 2 nitrogen and oxygen atoms in total. The Labute approximate surface area is 261 Å². The third-order valence-corrected chi connectivity index (χ3v) is 13.1. The Bertz CT molecular complexity index is 1480. The fraction of sp³-hybridized carbons (Fsp3) is 0.300. The number of nitrogens with zero attached hydrogens (tertiary/aromatic N) is 2. The van der Waals surface area contributed by atoms with Gasteiger partial charge in [0.25, 0.3) is 0 Å². The predicted octanol–water partition coefficient (Wildman–Crippen LogP) is 9.20. The van der Waals surface area contributed by atoms with Crippen molar-refractivity contribution >= 4 is 29.6 Å².